The van der Waals surface area contributed by atoms with Crippen LogP contribution in [0.2, 0.25) is 0 Å². The zero-order valence-corrected chi connectivity index (χ0v) is 12.4. The van der Waals surface area contributed by atoms with Crippen LogP contribution in [0.1, 0.15) is 37.6 Å². The topological polar surface area (TPSA) is 20.3 Å². The molecule has 2 nitrogen and oxygen atoms in total. The molecule has 0 saturated heterocycles. The summed E-state index contributed by atoms with van der Waals surface area (Å²) in [5.41, 5.74) is 0.836. The van der Waals surface area contributed by atoms with Gasteiger partial charge in [-0.25, -0.2) is 0 Å². The molecule has 0 aliphatic rings. The lowest BCUT2D eigenvalue weighted by Gasteiger charge is -2.17. The van der Waals surface area contributed by atoms with Crippen LogP contribution < -0.4 is 0 Å². The van der Waals surface area contributed by atoms with Gasteiger partial charge in [0.25, 0.3) is 0 Å². The first kappa shape index (κ1) is 15.3. The van der Waals surface area contributed by atoms with Gasteiger partial charge >= 0.3 is 0 Å². The molecule has 18 heavy (non-hydrogen) atoms. The number of nitrogens with zero attached hydrogens (tertiary/aromatic N) is 1. The van der Waals surface area contributed by atoms with E-state index in [2.05, 4.69) is 25.7 Å². The Labute approximate surface area is 115 Å². The summed E-state index contributed by atoms with van der Waals surface area (Å²) < 4.78 is 0. The largest absolute Gasteiger partial charge is 0.303 e. The van der Waals surface area contributed by atoms with Gasteiger partial charge in [-0.2, -0.15) is 0 Å². The molecule has 0 heterocycles. The Morgan fingerprint density at radius 3 is 2.22 bits per heavy atom. The number of carbonyl (C=O) groups excluding carboxylic acids is 1. The van der Waals surface area contributed by atoms with Crippen molar-refractivity contribution in [1.82, 2.24) is 4.90 Å². The van der Waals surface area contributed by atoms with Gasteiger partial charge in [0, 0.05) is 23.4 Å². The van der Waals surface area contributed by atoms with Crippen LogP contribution in [-0.2, 0) is 0 Å². The van der Waals surface area contributed by atoms with Crippen LogP contribution in [0.5, 0.6) is 0 Å². The first-order valence-corrected chi connectivity index (χ1v) is 7.68. The summed E-state index contributed by atoms with van der Waals surface area (Å²) in [5, 5.41) is 0. The molecule has 0 amide bonds. The maximum absolute atomic E-state index is 12.0. The van der Waals surface area contributed by atoms with Crippen molar-refractivity contribution in [3.05, 3.63) is 29.8 Å². The summed E-state index contributed by atoms with van der Waals surface area (Å²) >= 11 is 1.80. The fraction of sp³-hybridized carbons (Fsp3) is 0.533. The van der Waals surface area contributed by atoms with Crippen LogP contribution in [0, 0.1) is 0 Å². The number of benzene rings is 1. The third-order valence-electron chi connectivity index (χ3n) is 3.04. The molecule has 0 bridgehead atoms. The predicted octanol–water partition coefficient (Wildman–Crippen LogP) is 3.71. The van der Waals surface area contributed by atoms with Crippen LogP contribution >= 0.6 is 11.8 Å². The summed E-state index contributed by atoms with van der Waals surface area (Å²) in [6, 6.07) is 7.97. The van der Waals surface area contributed by atoms with E-state index in [0.717, 1.165) is 31.0 Å². The lowest BCUT2D eigenvalue weighted by atomic mass is 10.1. The Balaban J connectivity index is 2.51. The van der Waals surface area contributed by atoms with E-state index in [1.807, 2.05) is 24.3 Å². The Bertz CT molecular complexity index is 357. The lowest BCUT2D eigenvalue weighted by Crippen LogP contribution is -2.25. The molecule has 0 aliphatic heterocycles. The summed E-state index contributed by atoms with van der Waals surface area (Å²) in [6.07, 6.45) is 0.613. The predicted molar refractivity (Wildman–Crippen MR) is 79.6 cm³/mol. The average Bonchev–Trinajstić information content (AvgIpc) is 2.41. The molecule has 1 aromatic rings. The van der Waals surface area contributed by atoms with E-state index >= 15 is 0 Å². The zero-order chi connectivity index (χ0) is 13.4. The monoisotopic (exact) mass is 265 g/mol. The maximum Gasteiger partial charge on any atom is 0.164 e. The van der Waals surface area contributed by atoms with E-state index in [1.165, 1.54) is 4.90 Å². The molecule has 3 heteroatoms. The molecular weight excluding hydrogens is 242 g/mol. The van der Waals surface area contributed by atoms with E-state index in [1.54, 1.807) is 11.8 Å². The van der Waals surface area contributed by atoms with Crippen molar-refractivity contribution >= 4 is 17.5 Å². The first-order chi connectivity index (χ1) is 8.71. The van der Waals surface area contributed by atoms with Gasteiger partial charge in [0.2, 0.25) is 0 Å². The molecule has 1 aromatic carbocycles. The lowest BCUT2D eigenvalue weighted by molar-refractivity contribution is 0.0966. The molecule has 1 rings (SSSR count). The number of Topliss-reactive ketones (excluding diaryl/α,β-unsaturated/α-hetero) is 1. The van der Waals surface area contributed by atoms with Gasteiger partial charge in [0.05, 0.1) is 0 Å². The molecule has 0 N–H and O–H groups in total. The number of carbonyl (C=O) groups is 1. The number of ketones is 1. The van der Waals surface area contributed by atoms with Gasteiger partial charge in [-0.05, 0) is 31.0 Å². The van der Waals surface area contributed by atoms with Crippen LogP contribution in [0.3, 0.4) is 0 Å². The van der Waals surface area contributed by atoms with E-state index in [-0.39, 0.29) is 5.78 Å². The van der Waals surface area contributed by atoms with E-state index < -0.39 is 0 Å². The van der Waals surface area contributed by atoms with Gasteiger partial charge < -0.3 is 4.90 Å². The Morgan fingerprint density at radius 1 is 1.11 bits per heavy atom. The maximum atomic E-state index is 12.0. The van der Waals surface area contributed by atoms with Crippen molar-refractivity contribution in [2.45, 2.75) is 32.1 Å². The molecule has 0 atom stereocenters. The zero-order valence-electron chi connectivity index (χ0n) is 11.6. The second-order valence-corrected chi connectivity index (χ2v) is 5.49. The Kier molecular flexibility index (Phi) is 7.06. The SMILES string of the molecule is CCSc1ccc(C(=O)CCN(CC)CC)cc1. The summed E-state index contributed by atoms with van der Waals surface area (Å²) in [7, 11) is 0. The van der Waals surface area contributed by atoms with Gasteiger partial charge in [-0.3, -0.25) is 4.79 Å². The van der Waals surface area contributed by atoms with Gasteiger partial charge in [0.15, 0.2) is 5.78 Å². The molecule has 0 fully saturated rings. The molecule has 0 unspecified atom stereocenters. The smallest absolute Gasteiger partial charge is 0.164 e. The minimum absolute atomic E-state index is 0.245. The Morgan fingerprint density at radius 2 is 1.72 bits per heavy atom. The molecule has 0 radical (unpaired) electrons. The van der Waals surface area contributed by atoms with Crippen molar-refractivity contribution < 1.29 is 4.79 Å². The average molecular weight is 265 g/mol. The minimum Gasteiger partial charge on any atom is -0.303 e. The molecule has 0 saturated carbocycles. The quantitative estimate of drug-likeness (QED) is 0.528. The minimum atomic E-state index is 0.245. The van der Waals surface area contributed by atoms with E-state index in [4.69, 9.17) is 0 Å². The number of hydrogen-bond acceptors (Lipinski definition) is 3. The molecular formula is C15H23NOS. The molecule has 0 aliphatic carbocycles. The highest BCUT2D eigenvalue weighted by Crippen LogP contribution is 2.18. The normalized spacial score (nSPS) is 10.9. The number of hydrogen-bond donors (Lipinski definition) is 0. The second kappa shape index (κ2) is 8.33. The van der Waals surface area contributed by atoms with Crippen molar-refractivity contribution in [1.29, 1.82) is 0 Å². The highest BCUT2D eigenvalue weighted by atomic mass is 32.2. The standard InChI is InChI=1S/C15H23NOS/c1-4-16(5-2)12-11-15(17)13-7-9-14(10-8-13)18-6-3/h7-10H,4-6,11-12H2,1-3H3. The van der Waals surface area contributed by atoms with Gasteiger partial charge in [-0.15, -0.1) is 11.8 Å². The molecule has 0 spiro atoms. The summed E-state index contributed by atoms with van der Waals surface area (Å²) in [6.45, 7) is 9.27. The van der Waals surface area contributed by atoms with Crippen LogP contribution in [0.25, 0.3) is 0 Å². The first-order valence-electron chi connectivity index (χ1n) is 6.69. The van der Waals surface area contributed by atoms with Gasteiger partial charge in [0.1, 0.15) is 0 Å². The van der Waals surface area contributed by atoms with E-state index in [0.29, 0.717) is 6.42 Å². The second-order valence-electron chi connectivity index (χ2n) is 4.16. The number of rotatable bonds is 8. The van der Waals surface area contributed by atoms with Gasteiger partial charge in [-0.1, -0.05) is 32.9 Å². The third kappa shape index (κ3) is 4.83. The fourth-order valence-electron chi connectivity index (χ4n) is 1.85. The van der Waals surface area contributed by atoms with Crippen molar-refractivity contribution in [3.8, 4) is 0 Å². The van der Waals surface area contributed by atoms with Crippen molar-refractivity contribution in [2.24, 2.45) is 0 Å². The number of thioether (sulfide) groups is 1. The highest BCUT2D eigenvalue weighted by molar-refractivity contribution is 7.99. The fourth-order valence-corrected chi connectivity index (χ4v) is 2.51. The summed E-state index contributed by atoms with van der Waals surface area (Å²) in [5.74, 6) is 1.31. The van der Waals surface area contributed by atoms with Crippen LogP contribution in [0.15, 0.2) is 29.2 Å². The summed E-state index contributed by atoms with van der Waals surface area (Å²) in [4.78, 5) is 15.5. The van der Waals surface area contributed by atoms with Crippen molar-refractivity contribution in [2.75, 3.05) is 25.4 Å². The van der Waals surface area contributed by atoms with E-state index in [9.17, 15) is 4.79 Å². The highest BCUT2D eigenvalue weighted by Gasteiger charge is 2.08. The Hall–Kier alpha value is -0.800. The van der Waals surface area contributed by atoms with Crippen LogP contribution in [0.4, 0.5) is 0 Å². The van der Waals surface area contributed by atoms with Crippen LogP contribution in [-0.4, -0.2) is 36.1 Å². The molecule has 100 valence electrons. The molecule has 0 aromatic heterocycles. The van der Waals surface area contributed by atoms with Crippen molar-refractivity contribution in [3.63, 3.8) is 0 Å². The third-order valence-corrected chi connectivity index (χ3v) is 3.93.